The maximum absolute atomic E-state index is 12.4. The minimum atomic E-state index is -0.320. The Labute approximate surface area is 141 Å². The number of anilines is 1. The summed E-state index contributed by atoms with van der Waals surface area (Å²) in [4.78, 5) is 24.1. The van der Waals surface area contributed by atoms with Gasteiger partial charge in [0.1, 0.15) is 0 Å². The number of amides is 1. The molecule has 0 bridgehead atoms. The van der Waals surface area contributed by atoms with E-state index in [2.05, 4.69) is 10.4 Å². The van der Waals surface area contributed by atoms with E-state index in [4.69, 9.17) is 4.74 Å². The van der Waals surface area contributed by atoms with Gasteiger partial charge in [-0.2, -0.15) is 5.10 Å². The van der Waals surface area contributed by atoms with E-state index in [1.54, 1.807) is 29.9 Å². The third-order valence-electron chi connectivity index (χ3n) is 3.44. The van der Waals surface area contributed by atoms with Crippen molar-refractivity contribution >= 4 is 17.6 Å². The standard InChI is InChI=1S/C18H23N3O3/c1-5-24-16(22)10-13-8-6-7-9-15(13)20-17(23)14-11-19-21(12-14)18(2,3)4/h6-9,11-12H,5,10H2,1-4H3,(H,20,23). The molecule has 1 aromatic heterocycles. The number of nitrogens with zero attached hydrogens (tertiary/aromatic N) is 2. The van der Waals surface area contributed by atoms with Crippen LogP contribution in [0.5, 0.6) is 0 Å². The van der Waals surface area contributed by atoms with E-state index in [1.807, 2.05) is 32.9 Å². The van der Waals surface area contributed by atoms with Crippen LogP contribution in [0, 0.1) is 0 Å². The lowest BCUT2D eigenvalue weighted by Crippen LogP contribution is -2.22. The van der Waals surface area contributed by atoms with Gasteiger partial charge in [-0.15, -0.1) is 0 Å². The number of carbonyl (C=O) groups is 2. The van der Waals surface area contributed by atoms with Crippen molar-refractivity contribution in [1.82, 2.24) is 9.78 Å². The van der Waals surface area contributed by atoms with Crippen molar-refractivity contribution in [2.24, 2.45) is 0 Å². The summed E-state index contributed by atoms with van der Waals surface area (Å²) in [5.41, 5.74) is 1.59. The van der Waals surface area contributed by atoms with Crippen molar-refractivity contribution < 1.29 is 14.3 Å². The second-order valence-electron chi connectivity index (χ2n) is 6.44. The van der Waals surface area contributed by atoms with Crippen LogP contribution in [0.1, 0.15) is 43.6 Å². The van der Waals surface area contributed by atoms with Crippen LogP contribution in [0.2, 0.25) is 0 Å². The molecule has 0 unspecified atom stereocenters. The number of hydrogen-bond donors (Lipinski definition) is 1. The predicted molar refractivity (Wildman–Crippen MR) is 92.0 cm³/mol. The number of benzene rings is 1. The van der Waals surface area contributed by atoms with Crippen molar-refractivity contribution in [3.05, 3.63) is 47.8 Å². The molecule has 0 aliphatic heterocycles. The zero-order valence-electron chi connectivity index (χ0n) is 14.5. The minimum absolute atomic E-state index is 0.117. The minimum Gasteiger partial charge on any atom is -0.466 e. The summed E-state index contributed by atoms with van der Waals surface area (Å²) < 4.78 is 6.71. The fourth-order valence-corrected chi connectivity index (χ4v) is 2.17. The zero-order valence-corrected chi connectivity index (χ0v) is 14.5. The highest BCUT2D eigenvalue weighted by Gasteiger charge is 2.18. The van der Waals surface area contributed by atoms with Crippen molar-refractivity contribution in [2.75, 3.05) is 11.9 Å². The molecule has 24 heavy (non-hydrogen) atoms. The lowest BCUT2D eigenvalue weighted by atomic mass is 10.1. The van der Waals surface area contributed by atoms with Gasteiger partial charge in [0.25, 0.3) is 5.91 Å². The molecular weight excluding hydrogens is 306 g/mol. The Morgan fingerprint density at radius 2 is 1.96 bits per heavy atom. The van der Waals surface area contributed by atoms with E-state index in [9.17, 15) is 9.59 Å². The van der Waals surface area contributed by atoms with Gasteiger partial charge in [0.05, 0.1) is 30.3 Å². The van der Waals surface area contributed by atoms with Gasteiger partial charge in [0.15, 0.2) is 0 Å². The molecule has 1 aromatic carbocycles. The molecule has 2 aromatic rings. The van der Waals surface area contributed by atoms with Gasteiger partial charge in [-0.05, 0) is 39.3 Å². The number of esters is 1. The van der Waals surface area contributed by atoms with Gasteiger partial charge in [-0.3, -0.25) is 14.3 Å². The van der Waals surface area contributed by atoms with Crippen molar-refractivity contribution in [3.8, 4) is 0 Å². The summed E-state index contributed by atoms with van der Waals surface area (Å²) in [6, 6.07) is 7.19. The molecule has 0 saturated heterocycles. The zero-order chi connectivity index (χ0) is 17.7. The van der Waals surface area contributed by atoms with Crippen LogP contribution in [-0.2, 0) is 21.5 Å². The fourth-order valence-electron chi connectivity index (χ4n) is 2.17. The maximum Gasteiger partial charge on any atom is 0.310 e. The number of aromatic nitrogens is 2. The maximum atomic E-state index is 12.4. The first-order valence-corrected chi connectivity index (χ1v) is 7.91. The van der Waals surface area contributed by atoms with Gasteiger partial charge in [0.2, 0.25) is 0 Å². The van der Waals surface area contributed by atoms with Crippen molar-refractivity contribution in [1.29, 1.82) is 0 Å². The molecule has 0 atom stereocenters. The van der Waals surface area contributed by atoms with Gasteiger partial charge >= 0.3 is 5.97 Å². The van der Waals surface area contributed by atoms with E-state index in [0.29, 0.717) is 23.4 Å². The molecule has 0 fully saturated rings. The highest BCUT2D eigenvalue weighted by Crippen LogP contribution is 2.18. The molecule has 1 N–H and O–H groups in total. The smallest absolute Gasteiger partial charge is 0.310 e. The van der Waals surface area contributed by atoms with E-state index in [1.165, 1.54) is 6.20 Å². The number of carbonyl (C=O) groups excluding carboxylic acids is 2. The molecule has 128 valence electrons. The van der Waals surface area contributed by atoms with Gasteiger partial charge in [-0.1, -0.05) is 18.2 Å². The molecule has 1 heterocycles. The monoisotopic (exact) mass is 329 g/mol. The molecule has 1 amide bonds. The largest absolute Gasteiger partial charge is 0.466 e. The van der Waals surface area contributed by atoms with Gasteiger partial charge < -0.3 is 10.1 Å². The number of rotatable bonds is 5. The molecule has 0 aliphatic rings. The number of nitrogens with one attached hydrogen (secondary N) is 1. The Hall–Kier alpha value is -2.63. The van der Waals surface area contributed by atoms with Crippen molar-refractivity contribution in [3.63, 3.8) is 0 Å². The van der Waals surface area contributed by atoms with Crippen molar-refractivity contribution in [2.45, 2.75) is 39.7 Å². The Bertz CT molecular complexity index is 729. The van der Waals surface area contributed by atoms with Gasteiger partial charge in [-0.25, -0.2) is 0 Å². The molecule has 6 heteroatoms. The van der Waals surface area contributed by atoms with Crippen LogP contribution in [0.15, 0.2) is 36.7 Å². The summed E-state index contributed by atoms with van der Waals surface area (Å²) in [6.07, 6.45) is 3.36. The number of ether oxygens (including phenoxy) is 1. The Morgan fingerprint density at radius 3 is 2.58 bits per heavy atom. The lowest BCUT2D eigenvalue weighted by Gasteiger charge is -2.18. The summed E-state index contributed by atoms with van der Waals surface area (Å²) in [5, 5.41) is 7.07. The first kappa shape index (κ1) is 17.7. The van der Waals surface area contributed by atoms with Gasteiger partial charge in [0, 0.05) is 11.9 Å². The van der Waals surface area contributed by atoms with E-state index >= 15 is 0 Å². The first-order chi connectivity index (χ1) is 11.3. The summed E-state index contributed by atoms with van der Waals surface area (Å²) in [5.74, 6) is -0.582. The molecule has 2 rings (SSSR count). The molecule has 0 radical (unpaired) electrons. The first-order valence-electron chi connectivity index (χ1n) is 7.91. The quantitative estimate of drug-likeness (QED) is 0.856. The number of para-hydroxylation sites is 1. The Kier molecular flexibility index (Phi) is 5.39. The average molecular weight is 329 g/mol. The molecule has 0 spiro atoms. The normalized spacial score (nSPS) is 11.2. The highest BCUT2D eigenvalue weighted by molar-refractivity contribution is 6.04. The van der Waals surface area contributed by atoms with E-state index in [-0.39, 0.29) is 23.8 Å². The summed E-state index contributed by atoms with van der Waals surface area (Å²) in [7, 11) is 0. The second-order valence-corrected chi connectivity index (χ2v) is 6.44. The molecule has 6 nitrogen and oxygen atoms in total. The van der Waals surface area contributed by atoms with Crippen LogP contribution in [0.3, 0.4) is 0 Å². The van der Waals surface area contributed by atoms with Crippen LogP contribution in [-0.4, -0.2) is 28.3 Å². The molecular formula is C18H23N3O3. The lowest BCUT2D eigenvalue weighted by molar-refractivity contribution is -0.142. The molecule has 0 aliphatic carbocycles. The fraction of sp³-hybridized carbons (Fsp3) is 0.389. The van der Waals surface area contributed by atoms with E-state index in [0.717, 1.165) is 0 Å². The van der Waals surface area contributed by atoms with Crippen LogP contribution >= 0.6 is 0 Å². The van der Waals surface area contributed by atoms with E-state index < -0.39 is 0 Å². The molecule has 0 saturated carbocycles. The Balaban J connectivity index is 2.14. The van der Waals surface area contributed by atoms with Crippen LogP contribution in [0.25, 0.3) is 0 Å². The SMILES string of the molecule is CCOC(=O)Cc1ccccc1NC(=O)c1cnn(C(C)(C)C)c1. The van der Waals surface area contributed by atoms with Crippen LogP contribution in [0.4, 0.5) is 5.69 Å². The third kappa shape index (κ3) is 4.44. The van der Waals surface area contributed by atoms with Crippen LogP contribution < -0.4 is 5.32 Å². The average Bonchev–Trinajstić information content (AvgIpc) is 2.99. The summed E-state index contributed by atoms with van der Waals surface area (Å²) in [6.45, 7) is 8.13. The topological polar surface area (TPSA) is 73.2 Å². The second kappa shape index (κ2) is 7.29. The highest BCUT2D eigenvalue weighted by atomic mass is 16.5. The third-order valence-corrected chi connectivity index (χ3v) is 3.44. The Morgan fingerprint density at radius 1 is 1.25 bits per heavy atom. The predicted octanol–water partition coefficient (Wildman–Crippen LogP) is 3.00. The summed E-state index contributed by atoms with van der Waals surface area (Å²) >= 11 is 0. The number of hydrogen-bond acceptors (Lipinski definition) is 4.